The molecule has 0 spiro atoms. The third kappa shape index (κ3) is 7.94. The Balaban J connectivity index is 1.53. The number of carbonyl (C=O) groups is 2. The third-order valence-electron chi connectivity index (χ3n) is 6.23. The van der Waals surface area contributed by atoms with Crippen molar-refractivity contribution in [1.29, 1.82) is 0 Å². The summed E-state index contributed by atoms with van der Waals surface area (Å²) in [4.78, 5) is 25.6. The van der Waals surface area contributed by atoms with Crippen molar-refractivity contribution >= 4 is 50.9 Å². The number of para-hydroxylation sites is 2. The fourth-order valence-electron chi connectivity index (χ4n) is 3.93. The number of methoxy groups -OCH3 is 1. The number of rotatable bonds is 11. The van der Waals surface area contributed by atoms with E-state index in [1.165, 1.54) is 45.5 Å². The normalized spacial score (nSPS) is 11.8. The van der Waals surface area contributed by atoms with Crippen LogP contribution in [0.5, 0.6) is 5.75 Å². The molecule has 0 radical (unpaired) electrons. The molecule has 2 N–H and O–H groups in total. The van der Waals surface area contributed by atoms with Crippen molar-refractivity contribution in [3.63, 3.8) is 0 Å². The maximum atomic E-state index is 13.1. The first-order chi connectivity index (χ1) is 21.2. The van der Waals surface area contributed by atoms with Gasteiger partial charge in [-0.25, -0.2) is 12.7 Å². The van der Waals surface area contributed by atoms with Crippen LogP contribution in [-0.4, -0.2) is 66.3 Å². The maximum absolute atomic E-state index is 13.1. The minimum atomic E-state index is -4.62. The molecule has 11 nitrogen and oxygen atoms in total. The molecule has 1 heterocycles. The van der Waals surface area contributed by atoms with Gasteiger partial charge in [-0.3, -0.25) is 14.2 Å². The molecule has 238 valence electrons. The van der Waals surface area contributed by atoms with Crippen molar-refractivity contribution in [2.75, 3.05) is 32.3 Å². The molecule has 4 rings (SSSR count). The average Bonchev–Trinajstić information content (AvgIpc) is 3.41. The lowest BCUT2D eigenvalue weighted by molar-refractivity contribution is -0.137. The van der Waals surface area contributed by atoms with Gasteiger partial charge in [-0.1, -0.05) is 35.5 Å². The molecular weight excluding hydrogens is 657 g/mol. The van der Waals surface area contributed by atoms with E-state index >= 15 is 0 Å². The predicted molar refractivity (Wildman–Crippen MR) is 162 cm³/mol. The first-order valence-corrected chi connectivity index (χ1v) is 15.7. The number of ether oxygens (including phenoxy) is 1. The largest absolute Gasteiger partial charge is 0.495 e. The second-order valence-electron chi connectivity index (χ2n) is 9.43. The Bertz CT molecular complexity index is 1820. The molecule has 0 saturated heterocycles. The Hall–Kier alpha value is -4.12. The van der Waals surface area contributed by atoms with Gasteiger partial charge in [0, 0.05) is 19.7 Å². The molecule has 1 aromatic heterocycles. The zero-order valence-electron chi connectivity index (χ0n) is 23.9. The highest BCUT2D eigenvalue weighted by Crippen LogP contribution is 2.34. The number of alkyl halides is 3. The highest BCUT2D eigenvalue weighted by Gasteiger charge is 2.31. The van der Waals surface area contributed by atoms with Crippen LogP contribution >= 0.6 is 23.4 Å². The summed E-state index contributed by atoms with van der Waals surface area (Å²) < 4.78 is 72.2. The smallest absolute Gasteiger partial charge is 0.416 e. The molecule has 0 unspecified atom stereocenters. The van der Waals surface area contributed by atoms with Crippen LogP contribution in [0.2, 0.25) is 5.02 Å². The number of nitrogens with zero attached hydrogens (tertiary/aromatic N) is 4. The zero-order valence-corrected chi connectivity index (χ0v) is 26.3. The van der Waals surface area contributed by atoms with Crippen molar-refractivity contribution in [3.05, 3.63) is 88.7 Å². The Kier molecular flexibility index (Phi) is 10.4. The van der Waals surface area contributed by atoms with Crippen molar-refractivity contribution in [2.24, 2.45) is 0 Å². The number of benzene rings is 3. The molecule has 0 atom stereocenters. The van der Waals surface area contributed by atoms with E-state index in [0.29, 0.717) is 11.4 Å². The number of thioether (sulfide) groups is 1. The molecular formula is C28H26ClF3N6O5S2. The number of hydrogen-bond donors (Lipinski definition) is 2. The minimum absolute atomic E-state index is 0.0287. The van der Waals surface area contributed by atoms with Crippen LogP contribution in [0, 0.1) is 0 Å². The van der Waals surface area contributed by atoms with Crippen LogP contribution in [0.4, 0.5) is 18.9 Å². The third-order valence-corrected chi connectivity index (χ3v) is 9.32. The molecule has 0 aliphatic rings. The number of hydrogen-bond acceptors (Lipinski definition) is 8. The van der Waals surface area contributed by atoms with Gasteiger partial charge in [0.2, 0.25) is 15.9 Å². The van der Waals surface area contributed by atoms with E-state index in [-0.39, 0.29) is 44.4 Å². The van der Waals surface area contributed by atoms with E-state index in [1.807, 2.05) is 0 Å². The monoisotopic (exact) mass is 682 g/mol. The van der Waals surface area contributed by atoms with Crippen LogP contribution < -0.4 is 15.4 Å². The first-order valence-electron chi connectivity index (χ1n) is 12.9. The van der Waals surface area contributed by atoms with E-state index in [0.717, 1.165) is 34.3 Å². The Morgan fingerprint density at radius 3 is 2.38 bits per heavy atom. The summed E-state index contributed by atoms with van der Waals surface area (Å²) in [6.45, 7) is -0.117. The molecule has 17 heteroatoms. The summed E-state index contributed by atoms with van der Waals surface area (Å²) in [5.41, 5.74) is -0.460. The van der Waals surface area contributed by atoms with E-state index in [9.17, 15) is 31.2 Å². The number of aromatic nitrogens is 3. The van der Waals surface area contributed by atoms with E-state index in [4.69, 9.17) is 16.3 Å². The molecule has 0 aliphatic heterocycles. The molecule has 4 aromatic rings. The molecule has 0 fully saturated rings. The summed E-state index contributed by atoms with van der Waals surface area (Å²) in [6, 6.07) is 14.9. The number of nitrogens with one attached hydrogen (secondary N) is 2. The van der Waals surface area contributed by atoms with Crippen LogP contribution in [0.25, 0.3) is 5.69 Å². The number of carbonyl (C=O) groups excluding carboxylic acids is 2. The highest BCUT2D eigenvalue weighted by atomic mass is 35.5. The van der Waals surface area contributed by atoms with Crippen molar-refractivity contribution in [1.82, 2.24) is 24.4 Å². The zero-order chi connectivity index (χ0) is 32.9. The van der Waals surface area contributed by atoms with Gasteiger partial charge in [-0.15, -0.1) is 10.2 Å². The second-order valence-corrected chi connectivity index (χ2v) is 12.9. The van der Waals surface area contributed by atoms with Crippen molar-refractivity contribution in [2.45, 2.75) is 22.8 Å². The van der Waals surface area contributed by atoms with E-state index < -0.39 is 33.6 Å². The van der Waals surface area contributed by atoms with Gasteiger partial charge in [0.05, 0.1) is 46.3 Å². The fourth-order valence-corrected chi connectivity index (χ4v) is 5.76. The lowest BCUT2D eigenvalue weighted by Gasteiger charge is -2.15. The number of sulfonamides is 1. The lowest BCUT2D eigenvalue weighted by atomic mass is 10.2. The topological polar surface area (TPSA) is 136 Å². The number of halogens is 4. The lowest BCUT2D eigenvalue weighted by Crippen LogP contribution is -2.25. The molecule has 3 aromatic carbocycles. The fraction of sp³-hybridized carbons (Fsp3) is 0.214. The van der Waals surface area contributed by atoms with Crippen molar-refractivity contribution in [3.8, 4) is 11.4 Å². The van der Waals surface area contributed by atoms with E-state index in [2.05, 4.69) is 20.8 Å². The molecule has 45 heavy (non-hydrogen) atoms. The highest BCUT2D eigenvalue weighted by molar-refractivity contribution is 7.99. The van der Waals surface area contributed by atoms with Crippen LogP contribution in [0.1, 0.15) is 21.7 Å². The summed E-state index contributed by atoms with van der Waals surface area (Å²) in [6.07, 6.45) is -4.62. The SMILES string of the molecule is COc1ccccc1-n1c(CNC(=O)c2ccc(S(=O)(=O)N(C)C)cc2)nnc1SCC(=O)Nc1cc(C(F)(F)F)ccc1Cl. The molecule has 2 amide bonds. The average molecular weight is 683 g/mol. The molecule has 0 saturated carbocycles. The summed E-state index contributed by atoms with van der Waals surface area (Å²) in [7, 11) is 0.597. The Morgan fingerprint density at radius 1 is 1.04 bits per heavy atom. The van der Waals surface area contributed by atoms with Crippen LogP contribution in [0.3, 0.4) is 0 Å². The van der Waals surface area contributed by atoms with Crippen molar-refractivity contribution < 1.29 is 35.9 Å². The number of amides is 2. The van der Waals surface area contributed by atoms with Gasteiger partial charge < -0.3 is 15.4 Å². The summed E-state index contributed by atoms with van der Waals surface area (Å²) >= 11 is 6.95. The van der Waals surface area contributed by atoms with Gasteiger partial charge >= 0.3 is 6.18 Å². The molecule has 0 aliphatic carbocycles. The van der Waals surface area contributed by atoms with Gasteiger partial charge in [-0.05, 0) is 54.6 Å². The van der Waals surface area contributed by atoms with Gasteiger partial charge in [0.1, 0.15) is 5.75 Å². The summed E-state index contributed by atoms with van der Waals surface area (Å²) in [5, 5.41) is 13.6. The van der Waals surface area contributed by atoms with E-state index in [1.54, 1.807) is 28.8 Å². The van der Waals surface area contributed by atoms with Crippen LogP contribution in [-0.2, 0) is 27.5 Å². The first kappa shape index (κ1) is 33.8. The number of anilines is 1. The van der Waals surface area contributed by atoms with Gasteiger partial charge in [-0.2, -0.15) is 13.2 Å². The maximum Gasteiger partial charge on any atom is 0.416 e. The Labute approximate surface area is 265 Å². The minimum Gasteiger partial charge on any atom is -0.495 e. The Morgan fingerprint density at radius 2 is 1.73 bits per heavy atom. The quantitative estimate of drug-likeness (QED) is 0.214. The summed E-state index contributed by atoms with van der Waals surface area (Å²) in [5.74, 6) is -0.725. The second kappa shape index (κ2) is 13.9. The van der Waals surface area contributed by atoms with Crippen LogP contribution in [0.15, 0.2) is 76.8 Å². The van der Waals surface area contributed by atoms with Gasteiger partial charge in [0.25, 0.3) is 5.91 Å². The standard InChI is InChI=1S/C28H26ClF3N6O5S2/c1-37(2)45(41,42)19-11-8-17(9-12-19)26(40)33-15-24-35-36-27(38(24)22-6-4-5-7-23(22)43-3)44-16-25(39)34-21-14-18(28(30,31)32)10-13-20(21)29/h4-14H,15-16H2,1-3H3,(H,33,40)(H,34,39). The predicted octanol–water partition coefficient (Wildman–Crippen LogP) is 4.86. The van der Waals surface area contributed by atoms with Gasteiger partial charge in [0.15, 0.2) is 11.0 Å². The molecule has 0 bridgehead atoms.